The van der Waals surface area contributed by atoms with Gasteiger partial charge in [0.25, 0.3) is 23.6 Å². The SMILES string of the molecule is CCOc1c(NC(=O)C(N=Nc2cc(Cl)cc(C(=O)Nc3cccc(C(C)Cl)c3)c2)C(C)=O)ccc(NC(=O)C(N=Nc2cc(Cl)cc(C(=O)Nc3cccc(C(C)Cl)c3)c2)C(C)=O)c1OCC. The fourth-order valence-corrected chi connectivity index (χ4v) is 7.01. The zero-order valence-corrected chi connectivity index (χ0v) is 40.6. The minimum atomic E-state index is -1.67. The van der Waals surface area contributed by atoms with Gasteiger partial charge in [-0.2, -0.15) is 20.5 Å². The second kappa shape index (κ2) is 24.3. The molecular formula is C48H46Cl4N8O8. The molecule has 0 aromatic heterocycles. The number of halogens is 4. The Hall–Kier alpha value is -6.72. The fraction of sp³-hybridized carbons (Fsp3) is 0.250. The second-order valence-corrected chi connectivity index (χ2v) is 17.1. The Kier molecular flexibility index (Phi) is 18.7. The van der Waals surface area contributed by atoms with E-state index in [1.807, 2.05) is 12.1 Å². The molecule has 5 rings (SSSR count). The predicted molar refractivity (Wildman–Crippen MR) is 264 cm³/mol. The number of nitrogens with one attached hydrogen (secondary N) is 4. The van der Waals surface area contributed by atoms with E-state index in [0.717, 1.165) is 25.0 Å². The number of ketones is 2. The van der Waals surface area contributed by atoms with Crippen LogP contribution in [0.5, 0.6) is 11.5 Å². The number of carbonyl (C=O) groups excluding carboxylic acids is 6. The Morgan fingerprint density at radius 1 is 0.544 bits per heavy atom. The van der Waals surface area contributed by atoms with Gasteiger partial charge in [-0.3, -0.25) is 28.8 Å². The molecule has 5 aromatic carbocycles. The quantitative estimate of drug-likeness (QED) is 0.0333. The maximum atomic E-state index is 13.7. The lowest BCUT2D eigenvalue weighted by Crippen LogP contribution is -2.32. The molecule has 354 valence electrons. The number of rotatable bonds is 20. The largest absolute Gasteiger partial charge is 0.488 e. The Balaban J connectivity index is 1.34. The van der Waals surface area contributed by atoms with E-state index in [9.17, 15) is 28.8 Å². The number of hydrogen-bond acceptors (Lipinski definition) is 12. The van der Waals surface area contributed by atoms with Crippen LogP contribution < -0.4 is 30.7 Å². The van der Waals surface area contributed by atoms with Gasteiger partial charge in [0, 0.05) is 32.5 Å². The van der Waals surface area contributed by atoms with Crippen molar-refractivity contribution in [2.24, 2.45) is 20.5 Å². The summed E-state index contributed by atoms with van der Waals surface area (Å²) in [6.07, 6.45) is 0. The molecule has 0 aliphatic heterocycles. The van der Waals surface area contributed by atoms with Crippen LogP contribution in [-0.4, -0.2) is 60.5 Å². The highest BCUT2D eigenvalue weighted by Gasteiger charge is 2.29. The van der Waals surface area contributed by atoms with E-state index in [0.29, 0.717) is 11.4 Å². The van der Waals surface area contributed by atoms with Crippen LogP contribution in [0.3, 0.4) is 0 Å². The molecule has 68 heavy (non-hydrogen) atoms. The van der Waals surface area contributed by atoms with E-state index in [-0.39, 0.29) is 79.4 Å². The van der Waals surface area contributed by atoms with Crippen molar-refractivity contribution in [1.82, 2.24) is 0 Å². The predicted octanol–water partition coefficient (Wildman–Crippen LogP) is 12.3. The number of nitrogens with zero attached hydrogens (tertiary/aromatic N) is 4. The molecule has 16 nitrogen and oxygen atoms in total. The number of benzene rings is 5. The Morgan fingerprint density at radius 2 is 0.926 bits per heavy atom. The summed E-state index contributed by atoms with van der Waals surface area (Å²) in [6.45, 7) is 9.40. The Bertz CT molecular complexity index is 2600. The number of alkyl halides is 2. The zero-order chi connectivity index (χ0) is 49.7. The lowest BCUT2D eigenvalue weighted by Gasteiger charge is -2.20. The first-order valence-corrected chi connectivity index (χ1v) is 22.6. The van der Waals surface area contributed by atoms with Crippen molar-refractivity contribution in [2.45, 2.75) is 64.4 Å². The van der Waals surface area contributed by atoms with Crippen molar-refractivity contribution in [3.05, 3.63) is 129 Å². The molecule has 0 saturated heterocycles. The number of amides is 4. The van der Waals surface area contributed by atoms with Gasteiger partial charge in [-0.1, -0.05) is 47.5 Å². The third-order valence-electron chi connectivity index (χ3n) is 9.55. The topological polar surface area (TPSA) is 218 Å². The van der Waals surface area contributed by atoms with Crippen LogP contribution >= 0.6 is 46.4 Å². The highest BCUT2D eigenvalue weighted by molar-refractivity contribution is 6.32. The minimum absolute atomic E-state index is 0.0223. The summed E-state index contributed by atoms with van der Waals surface area (Å²) < 4.78 is 11.8. The molecule has 0 radical (unpaired) electrons. The van der Waals surface area contributed by atoms with Gasteiger partial charge in [0.2, 0.25) is 12.1 Å². The van der Waals surface area contributed by atoms with E-state index in [4.69, 9.17) is 55.9 Å². The monoisotopic (exact) mass is 1000 g/mol. The van der Waals surface area contributed by atoms with E-state index < -0.39 is 47.3 Å². The molecule has 20 heteroatoms. The first kappa shape index (κ1) is 52.3. The summed E-state index contributed by atoms with van der Waals surface area (Å²) in [6, 6.07) is 21.9. The first-order valence-electron chi connectivity index (χ1n) is 21.0. The molecule has 0 bridgehead atoms. The molecule has 4 amide bonds. The molecule has 4 N–H and O–H groups in total. The van der Waals surface area contributed by atoms with Gasteiger partial charge in [0.05, 0.1) is 46.7 Å². The summed E-state index contributed by atoms with van der Waals surface area (Å²) in [5.41, 5.74) is 3.13. The summed E-state index contributed by atoms with van der Waals surface area (Å²) in [7, 11) is 0. The Morgan fingerprint density at radius 3 is 1.26 bits per heavy atom. The maximum Gasteiger partial charge on any atom is 0.258 e. The lowest BCUT2D eigenvalue weighted by atomic mass is 10.1. The van der Waals surface area contributed by atoms with Crippen LogP contribution in [0.2, 0.25) is 10.0 Å². The molecular weight excluding hydrogens is 958 g/mol. The van der Waals surface area contributed by atoms with Crippen LogP contribution in [0.1, 0.15) is 84.1 Å². The third-order valence-corrected chi connectivity index (χ3v) is 10.5. The van der Waals surface area contributed by atoms with Crippen LogP contribution in [0.4, 0.5) is 34.1 Å². The van der Waals surface area contributed by atoms with Gasteiger partial charge in [0.15, 0.2) is 23.1 Å². The molecule has 0 saturated carbocycles. The van der Waals surface area contributed by atoms with Crippen molar-refractivity contribution >= 4 is 116 Å². The first-order chi connectivity index (χ1) is 32.4. The fourth-order valence-electron chi connectivity index (χ4n) is 6.28. The smallest absolute Gasteiger partial charge is 0.258 e. The molecule has 0 spiro atoms. The number of ether oxygens (including phenoxy) is 2. The summed E-state index contributed by atoms with van der Waals surface area (Å²) >= 11 is 25.1. The molecule has 0 aliphatic carbocycles. The van der Waals surface area contributed by atoms with Crippen molar-refractivity contribution in [1.29, 1.82) is 0 Å². The molecule has 4 atom stereocenters. The second-order valence-electron chi connectivity index (χ2n) is 14.9. The number of carbonyl (C=O) groups is 6. The van der Waals surface area contributed by atoms with Crippen LogP contribution in [0, 0.1) is 0 Å². The van der Waals surface area contributed by atoms with E-state index >= 15 is 0 Å². The van der Waals surface area contributed by atoms with Crippen molar-refractivity contribution < 1.29 is 38.2 Å². The molecule has 0 aliphatic rings. The standard InChI is InChI=1S/C48H46Cl4N8O8/c1-7-67-43-39(55-47(65)41(27(5)61)59-57-37-21-31(17-33(51)23-37)45(63)53-35-13-9-11-29(19-35)25(3)49)15-16-40(44(43)68-8-2)56-48(66)42(28(6)62)60-58-38-22-32(18-34(52)24-38)46(64)54-36-14-10-12-30(20-36)26(4)50/h9-26,41-42H,7-8H2,1-6H3,(H,53,63)(H,54,64)(H,55,65)(H,56,66). The van der Waals surface area contributed by atoms with Crippen LogP contribution in [0.15, 0.2) is 118 Å². The van der Waals surface area contributed by atoms with Gasteiger partial charge in [-0.15, -0.1) is 23.2 Å². The van der Waals surface area contributed by atoms with E-state index in [1.165, 1.54) is 48.5 Å². The van der Waals surface area contributed by atoms with E-state index in [2.05, 4.69) is 41.7 Å². The van der Waals surface area contributed by atoms with Gasteiger partial charge in [-0.05, 0) is 125 Å². The maximum absolute atomic E-state index is 13.7. The molecule has 0 fully saturated rings. The number of azo groups is 2. The Labute approximate surface area is 412 Å². The van der Waals surface area contributed by atoms with Gasteiger partial charge in [0.1, 0.15) is 0 Å². The summed E-state index contributed by atoms with van der Waals surface area (Å²) in [5.74, 6) is -4.19. The van der Waals surface area contributed by atoms with Gasteiger partial charge in [-0.25, -0.2) is 0 Å². The van der Waals surface area contributed by atoms with Gasteiger partial charge < -0.3 is 30.7 Å². The lowest BCUT2D eigenvalue weighted by molar-refractivity contribution is -0.127. The summed E-state index contributed by atoms with van der Waals surface area (Å²) in [4.78, 5) is 79.3. The van der Waals surface area contributed by atoms with Crippen molar-refractivity contribution in [2.75, 3.05) is 34.5 Å². The van der Waals surface area contributed by atoms with E-state index in [1.54, 1.807) is 64.1 Å². The van der Waals surface area contributed by atoms with Gasteiger partial charge >= 0.3 is 0 Å². The molecule has 5 aromatic rings. The molecule has 0 heterocycles. The molecule has 4 unspecified atom stereocenters. The average molecular weight is 1000 g/mol. The zero-order valence-electron chi connectivity index (χ0n) is 37.5. The highest BCUT2D eigenvalue weighted by Crippen LogP contribution is 2.42. The normalized spacial score (nSPS) is 13.0. The average Bonchev–Trinajstić information content (AvgIpc) is 3.28. The summed E-state index contributed by atoms with van der Waals surface area (Å²) in [5, 5.41) is 26.7. The van der Waals surface area contributed by atoms with Crippen LogP contribution in [0.25, 0.3) is 0 Å². The number of Topliss-reactive ketones (excluding diaryl/α,β-unsaturated/α-hetero) is 2. The minimum Gasteiger partial charge on any atom is -0.488 e. The number of anilines is 4. The number of hydrogen-bond donors (Lipinski definition) is 4. The highest BCUT2D eigenvalue weighted by atomic mass is 35.5. The third kappa shape index (κ3) is 14.4. The van der Waals surface area contributed by atoms with Crippen LogP contribution in [-0.2, 0) is 19.2 Å². The van der Waals surface area contributed by atoms with Crippen molar-refractivity contribution in [3.63, 3.8) is 0 Å². The van der Waals surface area contributed by atoms with Crippen molar-refractivity contribution in [3.8, 4) is 11.5 Å².